The molecule has 1 heterocycles. The van der Waals surface area contributed by atoms with Crippen molar-refractivity contribution in [3.8, 4) is 0 Å². The van der Waals surface area contributed by atoms with Crippen LogP contribution in [0.25, 0.3) is 0 Å². The Hall–Kier alpha value is -1.40. The number of nitrogens with zero attached hydrogens (tertiary/aromatic N) is 1. The second-order valence-corrected chi connectivity index (χ2v) is 9.68. The van der Waals surface area contributed by atoms with Gasteiger partial charge in [-0.05, 0) is 68.8 Å². The van der Waals surface area contributed by atoms with E-state index in [1.54, 1.807) is 0 Å². The molecule has 3 rings (SSSR count). The van der Waals surface area contributed by atoms with Crippen molar-refractivity contribution in [2.24, 2.45) is 0 Å². The summed E-state index contributed by atoms with van der Waals surface area (Å²) in [5, 5.41) is 0. The van der Waals surface area contributed by atoms with Crippen LogP contribution in [0.1, 0.15) is 47.1 Å². The maximum Gasteiger partial charge on any atom is 0.241 e. The Morgan fingerprint density at radius 3 is 2.31 bits per heavy atom. The van der Waals surface area contributed by atoms with Crippen molar-refractivity contribution in [3.05, 3.63) is 64.2 Å². The van der Waals surface area contributed by atoms with Gasteiger partial charge in [-0.25, -0.2) is 13.1 Å². The summed E-state index contributed by atoms with van der Waals surface area (Å²) in [6.45, 7) is 9.46. The first kappa shape index (κ1) is 23.9. The Kier molecular flexibility index (Phi) is 8.71. The molecule has 6 heteroatoms. The van der Waals surface area contributed by atoms with Gasteiger partial charge in [0, 0.05) is 19.6 Å². The van der Waals surface area contributed by atoms with E-state index in [4.69, 9.17) is 0 Å². The molecule has 0 saturated heterocycles. The quantitative estimate of drug-likeness (QED) is 0.618. The zero-order valence-electron chi connectivity index (χ0n) is 17.7. The first-order valence-electron chi connectivity index (χ1n) is 10.2. The molecule has 0 aromatic heterocycles. The molecular weight excluding hydrogens is 404 g/mol. The van der Waals surface area contributed by atoms with Crippen molar-refractivity contribution in [1.82, 2.24) is 9.62 Å². The lowest BCUT2D eigenvalue weighted by molar-refractivity contribution is 0.248. The number of halogens is 1. The van der Waals surface area contributed by atoms with E-state index in [1.165, 1.54) is 11.1 Å². The van der Waals surface area contributed by atoms with Crippen LogP contribution in [0.5, 0.6) is 0 Å². The number of rotatable bonds is 8. The van der Waals surface area contributed by atoms with Crippen LogP contribution >= 0.6 is 12.4 Å². The third-order valence-electron chi connectivity index (χ3n) is 5.53. The second kappa shape index (κ2) is 10.6. The normalized spacial score (nSPS) is 14.3. The largest absolute Gasteiger partial charge is 0.299 e. The highest BCUT2D eigenvalue weighted by Gasteiger charge is 2.19. The van der Waals surface area contributed by atoms with Crippen LogP contribution < -0.4 is 4.72 Å². The van der Waals surface area contributed by atoms with Gasteiger partial charge in [0.05, 0.1) is 4.90 Å². The van der Waals surface area contributed by atoms with Crippen LogP contribution in [-0.2, 0) is 23.0 Å². The van der Waals surface area contributed by atoms with Crippen molar-refractivity contribution in [2.45, 2.75) is 57.9 Å². The van der Waals surface area contributed by atoms with Gasteiger partial charge in [-0.15, -0.1) is 12.4 Å². The summed E-state index contributed by atoms with van der Waals surface area (Å²) in [6.07, 6.45) is 4.14. The van der Waals surface area contributed by atoms with Gasteiger partial charge in [0.25, 0.3) is 0 Å². The van der Waals surface area contributed by atoms with Gasteiger partial charge >= 0.3 is 0 Å². The summed E-state index contributed by atoms with van der Waals surface area (Å²) >= 11 is 0. The van der Waals surface area contributed by atoms with Crippen LogP contribution in [0.3, 0.4) is 0 Å². The number of sulfonamides is 1. The van der Waals surface area contributed by atoms with Crippen molar-refractivity contribution in [2.75, 3.05) is 19.6 Å². The van der Waals surface area contributed by atoms with Gasteiger partial charge in [-0.3, -0.25) is 4.90 Å². The number of hydrogen-bond acceptors (Lipinski definition) is 3. The molecule has 0 amide bonds. The molecule has 2 aromatic rings. The minimum atomic E-state index is -3.44. The molecule has 0 aliphatic carbocycles. The predicted molar refractivity (Wildman–Crippen MR) is 122 cm³/mol. The molecule has 29 heavy (non-hydrogen) atoms. The summed E-state index contributed by atoms with van der Waals surface area (Å²) in [5.41, 5.74) is 5.65. The molecule has 0 spiro atoms. The zero-order chi connectivity index (χ0) is 20.1. The van der Waals surface area contributed by atoms with E-state index in [-0.39, 0.29) is 12.4 Å². The zero-order valence-corrected chi connectivity index (χ0v) is 19.3. The number of aryl methyl sites for hydroxylation is 3. The highest BCUT2D eigenvalue weighted by atomic mass is 35.5. The highest BCUT2D eigenvalue weighted by molar-refractivity contribution is 7.89. The molecule has 1 N–H and O–H groups in total. The fraction of sp³-hybridized carbons (Fsp3) is 0.478. The van der Waals surface area contributed by atoms with Gasteiger partial charge in [-0.1, -0.05) is 48.4 Å². The number of fused-ring (bicyclic) bond motifs is 1. The summed E-state index contributed by atoms with van der Waals surface area (Å²) in [6, 6.07) is 12.6. The van der Waals surface area contributed by atoms with Gasteiger partial charge in [0.15, 0.2) is 0 Å². The third-order valence-corrected chi connectivity index (χ3v) is 7.29. The van der Waals surface area contributed by atoms with Crippen LogP contribution in [0, 0.1) is 20.8 Å². The molecule has 4 nitrogen and oxygen atoms in total. The Morgan fingerprint density at radius 2 is 1.62 bits per heavy atom. The maximum absolute atomic E-state index is 12.7. The van der Waals surface area contributed by atoms with Crippen molar-refractivity contribution in [1.29, 1.82) is 0 Å². The van der Waals surface area contributed by atoms with E-state index in [0.29, 0.717) is 11.4 Å². The molecule has 160 valence electrons. The van der Waals surface area contributed by atoms with Crippen molar-refractivity contribution in [3.63, 3.8) is 0 Å². The molecule has 1 aliphatic rings. The summed E-state index contributed by atoms with van der Waals surface area (Å²) in [7, 11) is -3.44. The average Bonchev–Trinajstić information content (AvgIpc) is 2.63. The molecule has 0 fully saturated rings. The van der Waals surface area contributed by atoms with E-state index in [2.05, 4.69) is 33.9 Å². The molecule has 1 aliphatic heterocycles. The summed E-state index contributed by atoms with van der Waals surface area (Å²) in [5.74, 6) is 0. The minimum absolute atomic E-state index is 0. The highest BCUT2D eigenvalue weighted by Crippen LogP contribution is 2.22. The molecule has 0 bridgehead atoms. The predicted octanol–water partition coefficient (Wildman–Crippen LogP) is 4.54. The van der Waals surface area contributed by atoms with E-state index in [1.807, 2.05) is 32.9 Å². The Labute approximate surface area is 182 Å². The third kappa shape index (κ3) is 6.29. The fourth-order valence-corrected chi connectivity index (χ4v) is 5.77. The van der Waals surface area contributed by atoms with Crippen molar-refractivity contribution >= 4 is 22.4 Å². The van der Waals surface area contributed by atoms with Crippen LogP contribution in [0.15, 0.2) is 41.3 Å². The number of hydrogen-bond donors (Lipinski definition) is 1. The van der Waals surface area contributed by atoms with E-state index >= 15 is 0 Å². The van der Waals surface area contributed by atoms with Gasteiger partial charge in [-0.2, -0.15) is 0 Å². The first-order valence-corrected chi connectivity index (χ1v) is 11.7. The topological polar surface area (TPSA) is 49.4 Å². The minimum Gasteiger partial charge on any atom is -0.299 e. The smallest absolute Gasteiger partial charge is 0.241 e. The molecule has 0 atom stereocenters. The Morgan fingerprint density at radius 1 is 0.966 bits per heavy atom. The average molecular weight is 437 g/mol. The number of nitrogens with one attached hydrogen (secondary N) is 1. The molecule has 0 radical (unpaired) electrons. The maximum atomic E-state index is 12.7. The molecule has 0 unspecified atom stereocenters. The molecule has 0 saturated carbocycles. The molecule has 2 aromatic carbocycles. The Bertz CT molecular complexity index is 905. The number of unbranched alkanes of at least 4 members (excludes halogenated alkanes) is 2. The van der Waals surface area contributed by atoms with E-state index < -0.39 is 10.0 Å². The lowest BCUT2D eigenvalue weighted by Crippen LogP contribution is -2.31. The van der Waals surface area contributed by atoms with Crippen LogP contribution in [-0.4, -0.2) is 33.0 Å². The van der Waals surface area contributed by atoms with E-state index in [0.717, 1.165) is 62.0 Å². The lowest BCUT2D eigenvalue weighted by atomic mass is 10.00. The molecular formula is C23H33ClN2O2S. The standard InChI is InChI=1S/C23H32N2O2S.ClH/c1-18-15-19(2)23(20(3)16-18)28(26,27)24-12-7-4-8-13-25-14-11-21-9-5-6-10-22(21)17-25;/h5-6,9-10,15-16,24H,4,7-8,11-14,17H2,1-3H3;1H. The van der Waals surface area contributed by atoms with Crippen molar-refractivity contribution < 1.29 is 8.42 Å². The summed E-state index contributed by atoms with van der Waals surface area (Å²) < 4.78 is 28.1. The first-order chi connectivity index (χ1) is 13.4. The summed E-state index contributed by atoms with van der Waals surface area (Å²) in [4.78, 5) is 2.94. The number of benzene rings is 2. The van der Waals surface area contributed by atoms with Crippen LogP contribution in [0.2, 0.25) is 0 Å². The Balaban J connectivity index is 0.00000300. The van der Waals surface area contributed by atoms with Gasteiger partial charge < -0.3 is 0 Å². The van der Waals surface area contributed by atoms with Crippen LogP contribution in [0.4, 0.5) is 0 Å². The monoisotopic (exact) mass is 436 g/mol. The SMILES string of the molecule is Cc1cc(C)c(S(=O)(=O)NCCCCCN2CCc3ccccc3C2)c(C)c1.Cl. The second-order valence-electron chi connectivity index (χ2n) is 7.98. The van der Waals surface area contributed by atoms with Gasteiger partial charge in [0.1, 0.15) is 0 Å². The van der Waals surface area contributed by atoms with Gasteiger partial charge in [0.2, 0.25) is 10.0 Å². The van der Waals surface area contributed by atoms with E-state index in [9.17, 15) is 8.42 Å². The lowest BCUT2D eigenvalue weighted by Gasteiger charge is -2.28. The fourth-order valence-electron chi connectivity index (χ4n) is 4.25.